The molecular weight excluding hydrogens is 252 g/mol. The number of methoxy groups -OCH3 is 1. The summed E-state index contributed by atoms with van der Waals surface area (Å²) in [4.78, 5) is 0. The van der Waals surface area contributed by atoms with Crippen LogP contribution >= 0.6 is 0 Å². The van der Waals surface area contributed by atoms with Crippen molar-refractivity contribution >= 4 is 10.0 Å². The smallest absolute Gasteiger partial charge is 0.215 e. The van der Waals surface area contributed by atoms with Crippen LogP contribution in [-0.4, -0.2) is 57.4 Å². The number of ether oxygens (including phenoxy) is 1. The largest absolute Gasteiger partial charge is 0.383 e. The average molecular weight is 278 g/mol. The molecule has 108 valence electrons. The summed E-state index contributed by atoms with van der Waals surface area (Å²) in [6, 6.07) is 0.0845. The van der Waals surface area contributed by atoms with Gasteiger partial charge in [-0.15, -0.1) is 0 Å². The lowest BCUT2D eigenvalue weighted by Crippen LogP contribution is -2.47. The number of piperidine rings is 1. The Morgan fingerprint density at radius 2 is 2.11 bits per heavy atom. The van der Waals surface area contributed by atoms with Gasteiger partial charge in [-0.25, -0.2) is 8.42 Å². The molecule has 1 rings (SSSR count). The summed E-state index contributed by atoms with van der Waals surface area (Å²) in [5, 5.41) is 3.29. The molecule has 0 aromatic heterocycles. The van der Waals surface area contributed by atoms with E-state index in [0.717, 1.165) is 25.8 Å². The number of nitrogens with zero attached hydrogens (tertiary/aromatic N) is 1. The molecule has 1 aliphatic rings. The molecule has 18 heavy (non-hydrogen) atoms. The molecule has 0 bridgehead atoms. The van der Waals surface area contributed by atoms with Crippen LogP contribution in [0.15, 0.2) is 0 Å². The molecule has 0 amide bonds. The van der Waals surface area contributed by atoms with E-state index in [1.807, 2.05) is 13.8 Å². The number of hydrogen-bond donors (Lipinski definition) is 1. The second-order valence-corrected chi connectivity index (χ2v) is 7.09. The van der Waals surface area contributed by atoms with Gasteiger partial charge in [0.1, 0.15) is 0 Å². The highest BCUT2D eigenvalue weighted by Crippen LogP contribution is 2.14. The first-order chi connectivity index (χ1) is 8.47. The number of hydrogen-bond acceptors (Lipinski definition) is 4. The maximum Gasteiger partial charge on any atom is 0.215 e. The third-order valence-corrected chi connectivity index (χ3v) is 5.42. The van der Waals surface area contributed by atoms with Crippen LogP contribution < -0.4 is 5.32 Å². The first-order valence-electron chi connectivity index (χ1n) is 6.69. The van der Waals surface area contributed by atoms with Crippen molar-refractivity contribution in [1.29, 1.82) is 0 Å². The van der Waals surface area contributed by atoms with Crippen molar-refractivity contribution in [1.82, 2.24) is 9.62 Å². The van der Waals surface area contributed by atoms with Gasteiger partial charge in [-0.2, -0.15) is 4.31 Å². The number of nitrogens with one attached hydrogen (secondary N) is 1. The zero-order valence-corrected chi connectivity index (χ0v) is 12.5. The molecule has 1 saturated heterocycles. The summed E-state index contributed by atoms with van der Waals surface area (Å²) in [5.41, 5.74) is 0. The van der Waals surface area contributed by atoms with E-state index < -0.39 is 10.0 Å². The fourth-order valence-electron chi connectivity index (χ4n) is 2.32. The summed E-state index contributed by atoms with van der Waals surface area (Å²) >= 11 is 0. The van der Waals surface area contributed by atoms with Crippen molar-refractivity contribution in [2.24, 2.45) is 0 Å². The average Bonchev–Trinajstić information content (AvgIpc) is 2.29. The highest BCUT2D eigenvalue weighted by Gasteiger charge is 2.28. The lowest BCUT2D eigenvalue weighted by molar-refractivity contribution is 0.170. The molecule has 1 N–H and O–H groups in total. The highest BCUT2D eigenvalue weighted by molar-refractivity contribution is 7.89. The van der Waals surface area contributed by atoms with Crippen LogP contribution in [0.25, 0.3) is 0 Å². The van der Waals surface area contributed by atoms with Crippen molar-refractivity contribution in [3.8, 4) is 0 Å². The Morgan fingerprint density at radius 3 is 2.61 bits per heavy atom. The lowest BCUT2D eigenvalue weighted by Gasteiger charge is -2.29. The van der Waals surface area contributed by atoms with Crippen molar-refractivity contribution in [2.45, 2.75) is 45.2 Å². The van der Waals surface area contributed by atoms with Crippen LogP contribution in [-0.2, 0) is 14.8 Å². The first-order valence-corrected chi connectivity index (χ1v) is 8.30. The molecule has 1 fully saturated rings. The summed E-state index contributed by atoms with van der Waals surface area (Å²) in [5.74, 6) is 0.203. The van der Waals surface area contributed by atoms with Crippen LogP contribution in [0.4, 0.5) is 0 Å². The Balaban J connectivity index is 2.62. The maximum absolute atomic E-state index is 12.4. The Morgan fingerprint density at radius 1 is 1.39 bits per heavy atom. The monoisotopic (exact) mass is 278 g/mol. The van der Waals surface area contributed by atoms with Gasteiger partial charge in [-0.1, -0.05) is 6.42 Å². The van der Waals surface area contributed by atoms with E-state index >= 15 is 0 Å². The quantitative estimate of drug-likeness (QED) is 0.749. The summed E-state index contributed by atoms with van der Waals surface area (Å²) in [6.07, 6.45) is 3.22. The molecule has 1 atom stereocenters. The van der Waals surface area contributed by atoms with E-state index in [1.165, 1.54) is 0 Å². The SMILES string of the molecule is COCCN(C(C)C)S(=O)(=O)CC1CCCCN1. The molecule has 0 saturated carbocycles. The summed E-state index contributed by atoms with van der Waals surface area (Å²) < 4.78 is 31.3. The molecule has 1 heterocycles. The fourth-order valence-corrected chi connectivity index (χ4v) is 4.30. The normalized spacial score (nSPS) is 21.7. The third-order valence-electron chi connectivity index (χ3n) is 3.27. The van der Waals surface area contributed by atoms with Gasteiger partial charge in [0.15, 0.2) is 0 Å². The van der Waals surface area contributed by atoms with Gasteiger partial charge in [-0.3, -0.25) is 0 Å². The van der Waals surface area contributed by atoms with Gasteiger partial charge in [0, 0.05) is 25.7 Å². The van der Waals surface area contributed by atoms with Gasteiger partial charge >= 0.3 is 0 Å². The second kappa shape index (κ2) is 7.43. The predicted octanol–water partition coefficient (Wildman–Crippen LogP) is 0.815. The molecular formula is C12H26N2O3S. The van der Waals surface area contributed by atoms with E-state index in [0.29, 0.717) is 13.2 Å². The first kappa shape index (κ1) is 15.9. The van der Waals surface area contributed by atoms with Crippen LogP contribution in [0, 0.1) is 0 Å². The molecule has 6 heteroatoms. The van der Waals surface area contributed by atoms with Crippen molar-refractivity contribution < 1.29 is 13.2 Å². The fraction of sp³-hybridized carbons (Fsp3) is 1.00. The Kier molecular flexibility index (Phi) is 6.55. The van der Waals surface area contributed by atoms with E-state index in [-0.39, 0.29) is 17.8 Å². The van der Waals surface area contributed by atoms with Crippen molar-refractivity contribution in [2.75, 3.05) is 32.6 Å². The van der Waals surface area contributed by atoms with Crippen LogP contribution in [0.1, 0.15) is 33.1 Å². The van der Waals surface area contributed by atoms with E-state index in [4.69, 9.17) is 4.74 Å². The highest BCUT2D eigenvalue weighted by atomic mass is 32.2. The molecule has 0 aromatic rings. The van der Waals surface area contributed by atoms with Crippen LogP contribution in [0.2, 0.25) is 0 Å². The molecule has 0 aliphatic carbocycles. The summed E-state index contributed by atoms with van der Waals surface area (Å²) in [6.45, 7) is 5.61. The topological polar surface area (TPSA) is 58.6 Å². The van der Waals surface area contributed by atoms with Gasteiger partial charge < -0.3 is 10.1 Å². The van der Waals surface area contributed by atoms with Crippen LogP contribution in [0.3, 0.4) is 0 Å². The van der Waals surface area contributed by atoms with E-state index in [2.05, 4.69) is 5.32 Å². The Bertz CT molecular complexity index is 324. The molecule has 0 aromatic carbocycles. The standard InChI is InChI=1S/C12H26N2O3S/c1-11(2)14(8-9-17-3)18(15,16)10-12-6-4-5-7-13-12/h11-13H,4-10H2,1-3H3. The van der Waals surface area contributed by atoms with Gasteiger partial charge in [0.05, 0.1) is 12.4 Å². The maximum atomic E-state index is 12.4. The van der Waals surface area contributed by atoms with Crippen LogP contribution in [0.5, 0.6) is 0 Å². The van der Waals surface area contributed by atoms with Gasteiger partial charge in [-0.05, 0) is 33.2 Å². The third kappa shape index (κ3) is 4.84. The minimum absolute atomic E-state index is 0.0197. The predicted molar refractivity (Wildman–Crippen MR) is 73.1 cm³/mol. The lowest BCUT2D eigenvalue weighted by atomic mass is 10.1. The van der Waals surface area contributed by atoms with Gasteiger partial charge in [0.2, 0.25) is 10.0 Å². The second-order valence-electron chi connectivity index (χ2n) is 5.12. The molecule has 0 spiro atoms. The molecule has 0 radical (unpaired) electrons. The zero-order chi connectivity index (χ0) is 13.6. The molecule has 1 aliphatic heterocycles. The van der Waals surface area contributed by atoms with E-state index in [9.17, 15) is 8.42 Å². The number of sulfonamides is 1. The van der Waals surface area contributed by atoms with Crippen molar-refractivity contribution in [3.63, 3.8) is 0 Å². The minimum Gasteiger partial charge on any atom is -0.383 e. The number of rotatable bonds is 7. The Hall–Kier alpha value is -0.170. The summed E-state index contributed by atoms with van der Waals surface area (Å²) in [7, 11) is -1.61. The van der Waals surface area contributed by atoms with E-state index in [1.54, 1.807) is 11.4 Å². The Labute approximate surface area is 111 Å². The van der Waals surface area contributed by atoms with Gasteiger partial charge in [0.25, 0.3) is 0 Å². The zero-order valence-electron chi connectivity index (χ0n) is 11.7. The van der Waals surface area contributed by atoms with Crippen molar-refractivity contribution in [3.05, 3.63) is 0 Å². The minimum atomic E-state index is -3.20. The molecule has 1 unspecified atom stereocenters. The molecule has 5 nitrogen and oxygen atoms in total.